The van der Waals surface area contributed by atoms with Gasteiger partial charge in [-0.25, -0.2) is 4.79 Å². The Bertz CT molecular complexity index is 1670. The van der Waals surface area contributed by atoms with Crippen LogP contribution in [0.5, 0.6) is 11.5 Å². The van der Waals surface area contributed by atoms with E-state index in [4.69, 9.17) is 33.7 Å². The highest BCUT2D eigenvalue weighted by molar-refractivity contribution is 5.49. The van der Waals surface area contributed by atoms with Gasteiger partial charge in [0.25, 0.3) is 5.56 Å². The molecule has 4 atom stereocenters. The summed E-state index contributed by atoms with van der Waals surface area (Å²) in [6, 6.07) is 27.9. The first-order valence-corrected chi connectivity index (χ1v) is 14.6. The molecule has 2 heterocycles. The van der Waals surface area contributed by atoms with Crippen LogP contribution in [-0.2, 0) is 24.5 Å². The number of nitriles is 1. The van der Waals surface area contributed by atoms with Crippen molar-refractivity contribution in [1.29, 1.82) is 5.26 Å². The largest absolute Gasteiger partial charge is 0.497 e. The number of aromatic nitrogens is 2. The predicted octanol–water partition coefficient (Wildman–Crippen LogP) is 3.09. The van der Waals surface area contributed by atoms with Crippen molar-refractivity contribution in [2.45, 2.75) is 36.6 Å². The molecule has 5 rings (SSSR count). The highest BCUT2D eigenvalue weighted by Crippen LogP contribution is 2.43. The molecule has 0 bridgehead atoms. The summed E-state index contributed by atoms with van der Waals surface area (Å²) >= 11 is 0. The second-order valence-electron chi connectivity index (χ2n) is 10.5. The number of aliphatic hydroxyl groups is 1. The average Bonchev–Trinajstić information content (AvgIpc) is 3.40. The van der Waals surface area contributed by atoms with E-state index in [1.807, 2.05) is 84.9 Å². The summed E-state index contributed by atoms with van der Waals surface area (Å²) in [5.41, 5.74) is -0.136. The van der Waals surface area contributed by atoms with Crippen molar-refractivity contribution in [2.24, 2.45) is 0 Å². The number of rotatable bonds is 14. The first-order valence-electron chi connectivity index (χ1n) is 14.6. The summed E-state index contributed by atoms with van der Waals surface area (Å²) in [5, 5.41) is 20.2. The molecule has 12 nitrogen and oxygen atoms in total. The Kier molecular flexibility index (Phi) is 10.6. The Morgan fingerprint density at radius 1 is 0.913 bits per heavy atom. The highest BCUT2D eigenvalue weighted by Gasteiger charge is 2.48. The maximum Gasteiger partial charge on any atom is 0.330 e. The Morgan fingerprint density at radius 3 is 2.09 bits per heavy atom. The predicted molar refractivity (Wildman–Crippen MR) is 165 cm³/mol. The maximum atomic E-state index is 12.7. The number of ether oxygens (including phenoxy) is 6. The minimum absolute atomic E-state index is 0.110. The van der Waals surface area contributed by atoms with E-state index in [0.717, 1.165) is 27.3 Å². The molecule has 0 spiro atoms. The van der Waals surface area contributed by atoms with Gasteiger partial charge in [0.15, 0.2) is 6.23 Å². The third-order valence-corrected chi connectivity index (χ3v) is 7.77. The van der Waals surface area contributed by atoms with E-state index >= 15 is 0 Å². The smallest absolute Gasteiger partial charge is 0.330 e. The molecule has 1 saturated heterocycles. The molecule has 0 radical (unpaired) electrons. The van der Waals surface area contributed by atoms with Crippen molar-refractivity contribution in [1.82, 2.24) is 9.55 Å². The third kappa shape index (κ3) is 6.89. The molecular weight excluding hydrogens is 594 g/mol. The van der Waals surface area contributed by atoms with Crippen LogP contribution in [0.3, 0.4) is 0 Å². The normalized spacial score (nSPS) is 19.4. The monoisotopic (exact) mass is 629 g/mol. The van der Waals surface area contributed by atoms with Gasteiger partial charge in [-0.2, -0.15) is 5.26 Å². The molecule has 0 unspecified atom stereocenters. The lowest BCUT2D eigenvalue weighted by Crippen LogP contribution is -2.41. The SMILES string of the molecule is COc1ccc(C(OC[C@H]2O[C@@H](n3ccc(=O)[nH]c3=O)[C@H](O)[C@@H]2OCOCCC#N)(c2ccccc2)c2ccc(OC)cc2)cc1. The van der Waals surface area contributed by atoms with Crippen molar-refractivity contribution in [3.63, 3.8) is 0 Å². The molecule has 1 fully saturated rings. The fourth-order valence-corrected chi connectivity index (χ4v) is 5.50. The fraction of sp³-hybridized carbons (Fsp3) is 0.324. The number of hydrogen-bond acceptors (Lipinski definition) is 10. The highest BCUT2D eigenvalue weighted by atomic mass is 16.7. The summed E-state index contributed by atoms with van der Waals surface area (Å²) in [6.07, 6.45) is -3.04. The van der Waals surface area contributed by atoms with Gasteiger partial charge in [0.1, 0.15) is 42.2 Å². The molecule has 3 aromatic carbocycles. The van der Waals surface area contributed by atoms with Crippen molar-refractivity contribution >= 4 is 0 Å². The number of benzene rings is 3. The summed E-state index contributed by atoms with van der Waals surface area (Å²) in [7, 11) is 3.19. The van der Waals surface area contributed by atoms with E-state index in [-0.39, 0.29) is 26.4 Å². The first kappa shape index (κ1) is 32.6. The number of aliphatic hydroxyl groups excluding tert-OH is 1. The molecule has 1 aliphatic rings. The van der Waals surface area contributed by atoms with Gasteiger partial charge in [0, 0.05) is 12.3 Å². The van der Waals surface area contributed by atoms with Crippen LogP contribution >= 0.6 is 0 Å². The molecule has 0 aliphatic carbocycles. The number of nitrogens with zero attached hydrogens (tertiary/aromatic N) is 2. The van der Waals surface area contributed by atoms with Gasteiger partial charge in [-0.05, 0) is 41.0 Å². The van der Waals surface area contributed by atoms with Gasteiger partial charge in [-0.15, -0.1) is 0 Å². The molecule has 4 aromatic rings. The van der Waals surface area contributed by atoms with Gasteiger partial charge in [-0.1, -0.05) is 54.6 Å². The summed E-state index contributed by atoms with van der Waals surface area (Å²) in [4.78, 5) is 26.6. The second kappa shape index (κ2) is 15.0. The zero-order chi connectivity index (χ0) is 32.5. The number of hydrogen-bond donors (Lipinski definition) is 2. The van der Waals surface area contributed by atoms with Crippen molar-refractivity contribution in [3.8, 4) is 17.6 Å². The van der Waals surface area contributed by atoms with Crippen LogP contribution in [0.2, 0.25) is 0 Å². The van der Waals surface area contributed by atoms with Crippen LogP contribution in [-0.4, -0.2) is 67.2 Å². The molecule has 46 heavy (non-hydrogen) atoms. The van der Waals surface area contributed by atoms with Gasteiger partial charge in [0.2, 0.25) is 0 Å². The molecule has 2 N–H and O–H groups in total. The zero-order valence-corrected chi connectivity index (χ0v) is 25.4. The minimum Gasteiger partial charge on any atom is -0.497 e. The Balaban J connectivity index is 1.55. The summed E-state index contributed by atoms with van der Waals surface area (Å²) in [6.45, 7) is -0.213. The van der Waals surface area contributed by atoms with Crippen LogP contribution in [0.25, 0.3) is 0 Å². The van der Waals surface area contributed by atoms with E-state index in [2.05, 4.69) is 4.98 Å². The molecule has 1 aromatic heterocycles. The maximum absolute atomic E-state index is 12.7. The molecular formula is C34H35N3O9. The lowest BCUT2D eigenvalue weighted by Gasteiger charge is -2.37. The quantitative estimate of drug-likeness (QED) is 0.121. The second-order valence-corrected chi connectivity index (χ2v) is 10.5. The first-order chi connectivity index (χ1) is 22.4. The summed E-state index contributed by atoms with van der Waals surface area (Å²) < 4.78 is 36.5. The molecule has 0 amide bonds. The van der Waals surface area contributed by atoms with Gasteiger partial charge >= 0.3 is 5.69 Å². The number of aromatic amines is 1. The van der Waals surface area contributed by atoms with Crippen LogP contribution in [0.1, 0.15) is 29.3 Å². The van der Waals surface area contributed by atoms with E-state index in [9.17, 15) is 14.7 Å². The van der Waals surface area contributed by atoms with E-state index < -0.39 is 41.4 Å². The van der Waals surface area contributed by atoms with Gasteiger partial charge < -0.3 is 33.5 Å². The minimum atomic E-state index is -1.34. The Labute approximate surface area is 265 Å². The van der Waals surface area contributed by atoms with Gasteiger partial charge in [0.05, 0.1) is 39.9 Å². The number of H-pyrrole nitrogens is 1. The van der Waals surface area contributed by atoms with Crippen LogP contribution in [0.4, 0.5) is 0 Å². The number of nitrogens with one attached hydrogen (secondary N) is 1. The third-order valence-electron chi connectivity index (χ3n) is 7.77. The van der Waals surface area contributed by atoms with Crippen LogP contribution in [0, 0.1) is 11.3 Å². The topological polar surface area (TPSA) is 154 Å². The lowest BCUT2D eigenvalue weighted by atomic mass is 9.80. The van der Waals surface area contributed by atoms with Crippen LogP contribution < -0.4 is 20.7 Å². The van der Waals surface area contributed by atoms with E-state index in [1.54, 1.807) is 14.2 Å². The van der Waals surface area contributed by atoms with Crippen molar-refractivity contribution < 1.29 is 33.5 Å². The molecule has 1 aliphatic heterocycles. The fourth-order valence-electron chi connectivity index (χ4n) is 5.50. The van der Waals surface area contributed by atoms with Crippen LogP contribution in [0.15, 0.2) is 101 Å². The van der Waals surface area contributed by atoms with Crippen molar-refractivity contribution in [2.75, 3.05) is 34.2 Å². The Morgan fingerprint density at radius 2 is 1.52 bits per heavy atom. The Hall–Kier alpha value is -4.77. The lowest BCUT2D eigenvalue weighted by molar-refractivity contribution is -0.142. The van der Waals surface area contributed by atoms with Crippen molar-refractivity contribution in [3.05, 3.63) is 129 Å². The van der Waals surface area contributed by atoms with E-state index in [0.29, 0.717) is 11.5 Å². The molecule has 240 valence electrons. The number of methoxy groups -OCH3 is 2. The standard InChI is InChI=1S/C34H35N3O9/c1-41-26-13-9-24(10-14-26)34(23-7-4-3-5-8-23,25-11-15-27(42-2)16-12-25)45-21-28-31(44-22-43-20-6-18-35)30(39)32(46-28)37-19-17-29(38)36-33(37)40/h3-5,7-17,19,28,30-32,39H,6,20-22H2,1-2H3,(H,36,38,40)/t28-,30-,31-,32-/m1/s1. The molecule has 0 saturated carbocycles. The average molecular weight is 630 g/mol. The van der Waals surface area contributed by atoms with Gasteiger partial charge in [-0.3, -0.25) is 14.3 Å². The zero-order valence-electron chi connectivity index (χ0n) is 25.4. The summed E-state index contributed by atoms with van der Waals surface area (Å²) in [5.74, 6) is 1.34. The molecule has 12 heteroatoms. The van der Waals surface area contributed by atoms with E-state index in [1.165, 1.54) is 6.20 Å².